The van der Waals surface area contributed by atoms with Crippen molar-refractivity contribution in [3.8, 4) is 0 Å². The Morgan fingerprint density at radius 2 is 2.00 bits per heavy atom. The monoisotopic (exact) mass is 333 g/mol. The van der Waals surface area contributed by atoms with Gasteiger partial charge in [-0.3, -0.25) is 4.57 Å². The smallest absolute Gasteiger partial charge is 0.326 e. The maximum atomic E-state index is 12.1. The van der Waals surface area contributed by atoms with Gasteiger partial charge in [0.1, 0.15) is 12.1 Å². The van der Waals surface area contributed by atoms with Gasteiger partial charge in [-0.2, -0.15) is 0 Å². The molecule has 0 aliphatic heterocycles. The molecule has 2 N–H and O–H groups in total. The lowest BCUT2D eigenvalue weighted by Crippen LogP contribution is -2.14. The third-order valence-corrected chi connectivity index (χ3v) is 4.50. The summed E-state index contributed by atoms with van der Waals surface area (Å²) >= 11 is 0. The molecule has 0 atom stereocenters. The molecule has 0 fully saturated rings. The van der Waals surface area contributed by atoms with Gasteiger partial charge in [0.2, 0.25) is 0 Å². The van der Waals surface area contributed by atoms with Crippen molar-refractivity contribution in [2.45, 2.75) is 26.8 Å². The summed E-state index contributed by atoms with van der Waals surface area (Å²) in [6, 6.07) is 12.1. The van der Waals surface area contributed by atoms with Crippen LogP contribution in [0.25, 0.3) is 21.9 Å². The first-order valence-corrected chi connectivity index (χ1v) is 8.43. The quantitative estimate of drug-likeness (QED) is 0.598. The van der Waals surface area contributed by atoms with E-state index in [2.05, 4.69) is 33.3 Å². The van der Waals surface area contributed by atoms with Crippen molar-refractivity contribution >= 4 is 33.4 Å². The summed E-state index contributed by atoms with van der Waals surface area (Å²) in [4.78, 5) is 23.8. The van der Waals surface area contributed by atoms with E-state index in [0.717, 1.165) is 39.9 Å². The Hall–Kier alpha value is -3.15. The topological polar surface area (TPSA) is 75.6 Å². The molecule has 126 valence electrons. The molecule has 0 spiro atoms. The Labute approximate surface area is 144 Å². The van der Waals surface area contributed by atoms with Gasteiger partial charge < -0.3 is 10.3 Å². The van der Waals surface area contributed by atoms with Gasteiger partial charge in [0.15, 0.2) is 0 Å². The Balaban J connectivity index is 1.90. The zero-order chi connectivity index (χ0) is 17.4. The number of benzene rings is 2. The number of rotatable bonds is 4. The van der Waals surface area contributed by atoms with E-state index in [9.17, 15) is 4.79 Å². The van der Waals surface area contributed by atoms with E-state index in [1.807, 2.05) is 37.3 Å². The average molecular weight is 333 g/mol. The highest BCUT2D eigenvalue weighted by atomic mass is 16.1. The minimum absolute atomic E-state index is 0.105. The van der Waals surface area contributed by atoms with Gasteiger partial charge in [0.05, 0.1) is 16.6 Å². The van der Waals surface area contributed by atoms with Gasteiger partial charge in [0.25, 0.3) is 0 Å². The predicted octanol–water partition coefficient (Wildman–Crippen LogP) is 3.60. The van der Waals surface area contributed by atoms with Crippen LogP contribution in [0.15, 0.2) is 47.5 Å². The molecule has 25 heavy (non-hydrogen) atoms. The standard InChI is InChI=1S/C19H19N5O/c1-3-12-7-5-6-8-14(12)22-18-13-9-16-17(10-15(13)20-11-21-18)24(4-2)19(25)23-16/h5-11H,3-4H2,1-2H3,(H,23,25)(H,20,21,22). The van der Waals surface area contributed by atoms with Gasteiger partial charge in [-0.05, 0) is 37.1 Å². The molecule has 0 aliphatic carbocycles. The fourth-order valence-corrected chi connectivity index (χ4v) is 3.20. The molecular weight excluding hydrogens is 314 g/mol. The third-order valence-electron chi connectivity index (χ3n) is 4.50. The molecule has 4 rings (SSSR count). The van der Waals surface area contributed by atoms with E-state index in [0.29, 0.717) is 6.54 Å². The number of hydrogen-bond acceptors (Lipinski definition) is 4. The highest BCUT2D eigenvalue weighted by molar-refractivity contribution is 5.99. The fraction of sp³-hybridized carbons (Fsp3) is 0.211. The summed E-state index contributed by atoms with van der Waals surface area (Å²) in [6.45, 7) is 4.69. The Morgan fingerprint density at radius 3 is 2.80 bits per heavy atom. The zero-order valence-electron chi connectivity index (χ0n) is 14.2. The second-order valence-corrected chi connectivity index (χ2v) is 5.92. The molecule has 0 aliphatic rings. The predicted molar refractivity (Wildman–Crippen MR) is 100 cm³/mol. The summed E-state index contributed by atoms with van der Waals surface area (Å²) in [5.74, 6) is 0.734. The molecular formula is C19H19N5O. The summed E-state index contributed by atoms with van der Waals surface area (Å²) in [7, 11) is 0. The van der Waals surface area contributed by atoms with Crippen LogP contribution in [-0.4, -0.2) is 19.5 Å². The van der Waals surface area contributed by atoms with Crippen LogP contribution in [0.1, 0.15) is 19.4 Å². The molecule has 2 aromatic heterocycles. The van der Waals surface area contributed by atoms with E-state index in [4.69, 9.17) is 0 Å². The second kappa shape index (κ2) is 6.05. The molecule has 0 saturated carbocycles. The lowest BCUT2D eigenvalue weighted by Gasteiger charge is -2.12. The van der Waals surface area contributed by atoms with Crippen LogP contribution >= 0.6 is 0 Å². The minimum Gasteiger partial charge on any atom is -0.339 e. The number of aryl methyl sites for hydroxylation is 2. The maximum Gasteiger partial charge on any atom is 0.326 e. The third kappa shape index (κ3) is 2.55. The number of para-hydroxylation sites is 1. The molecule has 0 saturated heterocycles. The Bertz CT molecular complexity index is 1130. The Morgan fingerprint density at radius 1 is 1.16 bits per heavy atom. The van der Waals surface area contributed by atoms with Crippen molar-refractivity contribution in [2.24, 2.45) is 0 Å². The molecule has 0 unspecified atom stereocenters. The fourth-order valence-electron chi connectivity index (χ4n) is 3.20. The molecule has 6 nitrogen and oxygen atoms in total. The van der Waals surface area contributed by atoms with Gasteiger partial charge in [-0.25, -0.2) is 14.8 Å². The lowest BCUT2D eigenvalue weighted by molar-refractivity contribution is 0.753. The molecule has 0 radical (unpaired) electrons. The summed E-state index contributed by atoms with van der Waals surface area (Å²) in [5.41, 5.74) is 4.61. The molecule has 2 aromatic carbocycles. The van der Waals surface area contributed by atoms with Crippen molar-refractivity contribution < 1.29 is 0 Å². The van der Waals surface area contributed by atoms with Crippen molar-refractivity contribution in [3.05, 3.63) is 58.8 Å². The number of anilines is 2. The molecule has 0 bridgehead atoms. The SMILES string of the molecule is CCc1ccccc1Nc1ncnc2cc3c(cc12)[nH]c(=O)n3CC. The number of nitrogens with one attached hydrogen (secondary N) is 2. The van der Waals surface area contributed by atoms with Gasteiger partial charge >= 0.3 is 5.69 Å². The summed E-state index contributed by atoms with van der Waals surface area (Å²) < 4.78 is 1.70. The number of hydrogen-bond donors (Lipinski definition) is 2. The van der Waals surface area contributed by atoms with Crippen LogP contribution in [0.4, 0.5) is 11.5 Å². The summed E-state index contributed by atoms with van der Waals surface area (Å²) in [6.07, 6.45) is 2.48. The molecule has 4 aromatic rings. The zero-order valence-corrected chi connectivity index (χ0v) is 14.2. The van der Waals surface area contributed by atoms with Gasteiger partial charge in [-0.1, -0.05) is 25.1 Å². The normalized spacial score (nSPS) is 11.3. The number of H-pyrrole nitrogens is 1. The van der Waals surface area contributed by atoms with Gasteiger partial charge in [-0.15, -0.1) is 0 Å². The van der Waals surface area contributed by atoms with Crippen molar-refractivity contribution in [3.63, 3.8) is 0 Å². The first-order chi connectivity index (χ1) is 12.2. The molecule has 0 amide bonds. The highest BCUT2D eigenvalue weighted by Crippen LogP contribution is 2.28. The molecule has 6 heteroatoms. The van der Waals surface area contributed by atoms with Crippen molar-refractivity contribution in [1.82, 2.24) is 19.5 Å². The lowest BCUT2D eigenvalue weighted by atomic mass is 10.1. The van der Waals surface area contributed by atoms with Crippen LogP contribution < -0.4 is 11.0 Å². The van der Waals surface area contributed by atoms with Crippen molar-refractivity contribution in [2.75, 3.05) is 5.32 Å². The van der Waals surface area contributed by atoms with E-state index >= 15 is 0 Å². The van der Waals surface area contributed by atoms with E-state index < -0.39 is 0 Å². The number of nitrogens with zero attached hydrogens (tertiary/aromatic N) is 3. The first-order valence-electron chi connectivity index (χ1n) is 8.43. The van der Waals surface area contributed by atoms with Crippen LogP contribution in [0, 0.1) is 0 Å². The van der Waals surface area contributed by atoms with E-state index in [-0.39, 0.29) is 5.69 Å². The number of aromatic amines is 1. The minimum atomic E-state index is -0.105. The van der Waals surface area contributed by atoms with Crippen LogP contribution in [-0.2, 0) is 13.0 Å². The number of fused-ring (bicyclic) bond motifs is 2. The van der Waals surface area contributed by atoms with Crippen LogP contribution in [0.3, 0.4) is 0 Å². The number of aromatic nitrogens is 4. The van der Waals surface area contributed by atoms with Crippen LogP contribution in [0.5, 0.6) is 0 Å². The highest BCUT2D eigenvalue weighted by Gasteiger charge is 2.11. The van der Waals surface area contributed by atoms with E-state index in [1.165, 1.54) is 5.56 Å². The van der Waals surface area contributed by atoms with E-state index in [1.54, 1.807) is 10.9 Å². The largest absolute Gasteiger partial charge is 0.339 e. The Kier molecular flexibility index (Phi) is 3.72. The van der Waals surface area contributed by atoms with Crippen molar-refractivity contribution in [1.29, 1.82) is 0 Å². The number of imidazole rings is 1. The first kappa shape index (κ1) is 15.4. The summed E-state index contributed by atoms with van der Waals surface area (Å²) in [5, 5.41) is 4.30. The van der Waals surface area contributed by atoms with Crippen LogP contribution in [0.2, 0.25) is 0 Å². The van der Waals surface area contributed by atoms with Gasteiger partial charge in [0, 0.05) is 17.6 Å². The maximum absolute atomic E-state index is 12.1. The second-order valence-electron chi connectivity index (χ2n) is 5.92. The molecule has 2 heterocycles. The average Bonchev–Trinajstić information content (AvgIpc) is 2.94.